The summed E-state index contributed by atoms with van der Waals surface area (Å²) in [5.74, 6) is -2.43. The van der Waals surface area contributed by atoms with Crippen LogP contribution in [0.1, 0.15) is 10.4 Å². The van der Waals surface area contributed by atoms with E-state index in [0.29, 0.717) is 0 Å². The van der Waals surface area contributed by atoms with E-state index in [1.807, 2.05) is 0 Å². The fourth-order valence-electron chi connectivity index (χ4n) is 1.19. The fraction of sp³-hybridized carbons (Fsp3) is 0.182. The number of nitrogens with two attached hydrogens (primary N) is 1. The molecule has 102 valence electrons. The lowest BCUT2D eigenvalue weighted by atomic mass is 10.2. The average Bonchev–Trinajstić information content (AvgIpc) is 2.31. The van der Waals surface area contributed by atoms with Crippen LogP contribution < -0.4 is 11.1 Å². The lowest BCUT2D eigenvalue weighted by Crippen LogP contribution is -2.21. The Kier molecular flexibility index (Phi) is 5.28. The van der Waals surface area contributed by atoms with E-state index < -0.39 is 31.0 Å². The first kappa shape index (κ1) is 14.9. The number of nitrogens with one attached hydrogen (secondary N) is 1. The smallest absolute Gasteiger partial charge is 0.329 e. The van der Waals surface area contributed by atoms with Crippen LogP contribution in [-0.2, 0) is 14.3 Å². The summed E-state index contributed by atoms with van der Waals surface area (Å²) in [6.45, 7) is -1.02. The van der Waals surface area contributed by atoms with Crippen molar-refractivity contribution in [1.29, 1.82) is 0 Å². The summed E-state index contributed by atoms with van der Waals surface area (Å²) < 4.78 is 4.60. The zero-order chi connectivity index (χ0) is 14.4. The van der Waals surface area contributed by atoms with Gasteiger partial charge in [-0.1, -0.05) is 11.6 Å². The van der Waals surface area contributed by atoms with Gasteiger partial charge in [-0.05, 0) is 18.2 Å². The van der Waals surface area contributed by atoms with Gasteiger partial charge in [0.15, 0.2) is 0 Å². The molecule has 0 radical (unpaired) electrons. The molecule has 0 bridgehead atoms. The number of carbonyl (C=O) groups excluding carboxylic acids is 2. The molecule has 8 heteroatoms. The van der Waals surface area contributed by atoms with E-state index in [9.17, 15) is 14.4 Å². The second kappa shape index (κ2) is 6.72. The number of primary amides is 1. The molecule has 0 spiro atoms. The number of amides is 2. The molecule has 2 amide bonds. The van der Waals surface area contributed by atoms with E-state index in [4.69, 9.17) is 22.4 Å². The van der Waals surface area contributed by atoms with Crippen molar-refractivity contribution in [1.82, 2.24) is 0 Å². The van der Waals surface area contributed by atoms with Crippen molar-refractivity contribution in [2.45, 2.75) is 0 Å². The van der Waals surface area contributed by atoms with Crippen LogP contribution >= 0.6 is 11.6 Å². The number of rotatable bonds is 6. The normalized spacial score (nSPS) is 9.95. The van der Waals surface area contributed by atoms with Crippen LogP contribution in [0.4, 0.5) is 5.69 Å². The van der Waals surface area contributed by atoms with Gasteiger partial charge >= 0.3 is 5.97 Å². The molecule has 0 aliphatic rings. The maximum atomic E-state index is 11.4. The highest BCUT2D eigenvalue weighted by atomic mass is 35.5. The number of hydrogen-bond acceptors (Lipinski definition) is 4. The van der Waals surface area contributed by atoms with Crippen molar-refractivity contribution >= 4 is 35.1 Å². The molecule has 1 aromatic rings. The van der Waals surface area contributed by atoms with Crippen LogP contribution in [0.2, 0.25) is 5.02 Å². The molecule has 1 aromatic carbocycles. The third kappa shape index (κ3) is 4.94. The van der Waals surface area contributed by atoms with Crippen LogP contribution in [-0.4, -0.2) is 36.1 Å². The van der Waals surface area contributed by atoms with E-state index in [2.05, 4.69) is 10.1 Å². The maximum Gasteiger partial charge on any atom is 0.329 e. The molecule has 7 nitrogen and oxygen atoms in total. The van der Waals surface area contributed by atoms with E-state index >= 15 is 0 Å². The number of hydrogen-bond donors (Lipinski definition) is 3. The third-order valence-electron chi connectivity index (χ3n) is 1.98. The Bertz CT molecular complexity index is 518. The Morgan fingerprint density at radius 2 is 2.00 bits per heavy atom. The zero-order valence-corrected chi connectivity index (χ0v) is 10.4. The van der Waals surface area contributed by atoms with Crippen molar-refractivity contribution in [2.75, 3.05) is 18.5 Å². The van der Waals surface area contributed by atoms with Gasteiger partial charge in [-0.15, -0.1) is 0 Å². The summed E-state index contributed by atoms with van der Waals surface area (Å²) in [6, 6.07) is 4.15. The van der Waals surface area contributed by atoms with E-state index in [-0.39, 0.29) is 16.3 Å². The van der Waals surface area contributed by atoms with Crippen LogP contribution in [0.15, 0.2) is 18.2 Å². The molecule has 0 heterocycles. The van der Waals surface area contributed by atoms with Gasteiger partial charge < -0.3 is 20.9 Å². The summed E-state index contributed by atoms with van der Waals surface area (Å²) in [5, 5.41) is 10.9. The number of carboxylic acid groups (broad SMARTS) is 1. The first-order valence-electron chi connectivity index (χ1n) is 5.09. The molecule has 0 atom stereocenters. The number of aliphatic carboxylic acids is 1. The minimum Gasteiger partial charge on any atom is -0.480 e. The molecule has 0 saturated carbocycles. The van der Waals surface area contributed by atoms with Crippen molar-refractivity contribution in [3.8, 4) is 0 Å². The Labute approximate surface area is 113 Å². The van der Waals surface area contributed by atoms with Crippen molar-refractivity contribution in [3.63, 3.8) is 0 Å². The minimum atomic E-state index is -1.18. The van der Waals surface area contributed by atoms with Crippen LogP contribution in [0.5, 0.6) is 0 Å². The number of halogens is 1. The molecule has 0 aliphatic heterocycles. The first-order chi connectivity index (χ1) is 8.90. The van der Waals surface area contributed by atoms with E-state index in [1.165, 1.54) is 18.2 Å². The highest BCUT2D eigenvalue weighted by molar-refractivity contribution is 6.33. The van der Waals surface area contributed by atoms with Gasteiger partial charge in [0.05, 0.1) is 10.7 Å². The molecular formula is C11H11ClN2O5. The predicted molar refractivity (Wildman–Crippen MR) is 67.1 cm³/mol. The van der Waals surface area contributed by atoms with Crippen molar-refractivity contribution < 1.29 is 24.2 Å². The van der Waals surface area contributed by atoms with Crippen LogP contribution in [0, 0.1) is 0 Å². The summed E-state index contributed by atoms with van der Waals surface area (Å²) in [5.41, 5.74) is 5.47. The highest BCUT2D eigenvalue weighted by Gasteiger charge is 2.10. The van der Waals surface area contributed by atoms with E-state index in [0.717, 1.165) is 0 Å². The SMILES string of the molecule is NC(=O)c1ccc(Cl)c(NC(=O)COCC(=O)O)c1. The Balaban J connectivity index is 2.65. The van der Waals surface area contributed by atoms with E-state index in [1.54, 1.807) is 0 Å². The topological polar surface area (TPSA) is 119 Å². The zero-order valence-electron chi connectivity index (χ0n) is 9.68. The number of benzene rings is 1. The standard InChI is InChI=1S/C11H11ClN2O5/c12-7-2-1-6(11(13)18)3-8(7)14-9(15)4-19-5-10(16)17/h1-3H,4-5H2,(H2,13,18)(H,14,15)(H,16,17). The molecule has 0 aromatic heterocycles. The Morgan fingerprint density at radius 1 is 1.32 bits per heavy atom. The maximum absolute atomic E-state index is 11.4. The number of carbonyl (C=O) groups is 3. The highest BCUT2D eigenvalue weighted by Crippen LogP contribution is 2.22. The Morgan fingerprint density at radius 3 is 2.58 bits per heavy atom. The van der Waals surface area contributed by atoms with Gasteiger partial charge in [-0.25, -0.2) is 4.79 Å². The quantitative estimate of drug-likeness (QED) is 0.703. The largest absolute Gasteiger partial charge is 0.480 e. The molecule has 1 rings (SSSR count). The summed E-state index contributed by atoms with van der Waals surface area (Å²) in [6.07, 6.45) is 0. The minimum absolute atomic E-state index is 0.186. The lowest BCUT2D eigenvalue weighted by molar-refractivity contribution is -0.143. The molecular weight excluding hydrogens is 276 g/mol. The van der Waals surface area contributed by atoms with Crippen LogP contribution in [0.3, 0.4) is 0 Å². The predicted octanol–water partition coefficient (Wildman–Crippen LogP) is 0.479. The summed E-state index contributed by atoms with van der Waals surface area (Å²) >= 11 is 5.83. The van der Waals surface area contributed by atoms with Gasteiger partial charge in [0.2, 0.25) is 11.8 Å². The summed E-state index contributed by atoms with van der Waals surface area (Å²) in [7, 11) is 0. The molecule has 0 fully saturated rings. The second-order valence-corrected chi connectivity index (χ2v) is 3.90. The molecule has 19 heavy (non-hydrogen) atoms. The molecule has 0 aliphatic carbocycles. The Hall–Kier alpha value is -2.12. The van der Waals surface area contributed by atoms with Gasteiger partial charge in [0.1, 0.15) is 13.2 Å². The number of anilines is 1. The average molecular weight is 287 g/mol. The van der Waals surface area contributed by atoms with Gasteiger partial charge in [0.25, 0.3) is 0 Å². The van der Waals surface area contributed by atoms with Gasteiger partial charge in [-0.3, -0.25) is 9.59 Å². The summed E-state index contributed by atoms with van der Waals surface area (Å²) in [4.78, 5) is 32.6. The first-order valence-corrected chi connectivity index (χ1v) is 5.46. The molecule has 0 saturated heterocycles. The fourth-order valence-corrected chi connectivity index (χ4v) is 1.36. The molecule has 0 unspecified atom stereocenters. The van der Waals surface area contributed by atoms with Gasteiger partial charge in [-0.2, -0.15) is 0 Å². The number of ether oxygens (including phenoxy) is 1. The number of carboxylic acids is 1. The monoisotopic (exact) mass is 286 g/mol. The van der Waals surface area contributed by atoms with Gasteiger partial charge in [0, 0.05) is 5.56 Å². The van der Waals surface area contributed by atoms with Crippen molar-refractivity contribution in [3.05, 3.63) is 28.8 Å². The molecule has 4 N–H and O–H groups in total. The van der Waals surface area contributed by atoms with Crippen LogP contribution in [0.25, 0.3) is 0 Å². The lowest BCUT2D eigenvalue weighted by Gasteiger charge is -2.08. The van der Waals surface area contributed by atoms with Crippen molar-refractivity contribution in [2.24, 2.45) is 5.73 Å². The third-order valence-corrected chi connectivity index (χ3v) is 2.31. The second-order valence-electron chi connectivity index (χ2n) is 3.49.